The zero-order valence-corrected chi connectivity index (χ0v) is 12.2. The Morgan fingerprint density at radius 3 is 3.00 bits per heavy atom. The Bertz CT molecular complexity index is 600. The third-order valence-corrected chi connectivity index (χ3v) is 3.52. The highest BCUT2D eigenvalue weighted by atomic mass is 15.2. The summed E-state index contributed by atoms with van der Waals surface area (Å²) < 4.78 is 1.89. The largest absolute Gasteiger partial charge is 0.356 e. The first-order valence-electron chi connectivity index (χ1n) is 7.23. The average Bonchev–Trinajstić information content (AvgIpc) is 3.19. The van der Waals surface area contributed by atoms with Gasteiger partial charge in [-0.25, -0.2) is 9.97 Å². The quantitative estimate of drug-likeness (QED) is 0.642. The molecule has 1 aliphatic rings. The predicted molar refractivity (Wildman–Crippen MR) is 82.3 cm³/mol. The topological polar surface area (TPSA) is 67.1 Å². The maximum absolute atomic E-state index is 4.35. The minimum atomic E-state index is 0.717. The zero-order chi connectivity index (χ0) is 14.5. The molecule has 0 saturated heterocycles. The van der Waals surface area contributed by atoms with Crippen LogP contribution in [0.5, 0.6) is 0 Å². The lowest BCUT2D eigenvalue weighted by Gasteiger charge is -2.12. The van der Waals surface area contributed by atoms with E-state index in [4.69, 9.17) is 0 Å². The monoisotopic (exact) mass is 284 g/mol. The number of hydrogen-bond donors (Lipinski definition) is 2. The average molecular weight is 284 g/mol. The van der Waals surface area contributed by atoms with Crippen LogP contribution in [0.25, 0.3) is 5.82 Å². The minimum absolute atomic E-state index is 0.717. The van der Waals surface area contributed by atoms with Crippen LogP contribution in [0.2, 0.25) is 0 Å². The van der Waals surface area contributed by atoms with Gasteiger partial charge in [0.1, 0.15) is 12.1 Å². The first-order valence-corrected chi connectivity index (χ1v) is 7.23. The van der Waals surface area contributed by atoms with Crippen LogP contribution < -0.4 is 10.6 Å². The number of pyridine rings is 1. The summed E-state index contributed by atoms with van der Waals surface area (Å²) in [6, 6.07) is 4.05. The van der Waals surface area contributed by atoms with Gasteiger partial charge < -0.3 is 10.6 Å². The summed E-state index contributed by atoms with van der Waals surface area (Å²) in [6.07, 6.45) is 9.86. The highest BCUT2D eigenvalue weighted by molar-refractivity contribution is 5.79. The molecule has 3 rings (SSSR count). The first kappa shape index (κ1) is 13.6. The molecule has 0 aromatic carbocycles. The van der Waals surface area contributed by atoms with Gasteiger partial charge in [0, 0.05) is 38.7 Å². The predicted octanol–water partition coefficient (Wildman–Crippen LogP) is 1.34. The van der Waals surface area contributed by atoms with Crippen molar-refractivity contribution >= 4 is 5.96 Å². The molecule has 0 atom stereocenters. The number of guanidine groups is 1. The first-order chi connectivity index (χ1) is 10.3. The van der Waals surface area contributed by atoms with Crippen LogP contribution in [-0.2, 0) is 6.54 Å². The van der Waals surface area contributed by atoms with Crippen molar-refractivity contribution in [3.63, 3.8) is 0 Å². The number of imidazole rings is 1. The van der Waals surface area contributed by atoms with Gasteiger partial charge in [-0.3, -0.25) is 9.56 Å². The summed E-state index contributed by atoms with van der Waals surface area (Å²) in [7, 11) is 1.80. The van der Waals surface area contributed by atoms with Crippen LogP contribution in [-0.4, -0.2) is 34.1 Å². The maximum Gasteiger partial charge on any atom is 0.191 e. The fraction of sp³-hybridized carbons (Fsp3) is 0.400. The van der Waals surface area contributed by atoms with Gasteiger partial charge >= 0.3 is 0 Å². The van der Waals surface area contributed by atoms with E-state index in [0.717, 1.165) is 29.8 Å². The van der Waals surface area contributed by atoms with Gasteiger partial charge in [0.25, 0.3) is 0 Å². The van der Waals surface area contributed by atoms with Gasteiger partial charge in [0.05, 0.1) is 0 Å². The van der Waals surface area contributed by atoms with Crippen molar-refractivity contribution in [2.75, 3.05) is 13.6 Å². The molecule has 1 aliphatic carbocycles. The van der Waals surface area contributed by atoms with E-state index in [2.05, 4.69) is 25.6 Å². The number of rotatable bonds is 5. The van der Waals surface area contributed by atoms with Crippen molar-refractivity contribution < 1.29 is 0 Å². The highest BCUT2D eigenvalue weighted by Gasteiger charge is 2.20. The molecule has 110 valence electrons. The fourth-order valence-corrected chi connectivity index (χ4v) is 2.08. The van der Waals surface area contributed by atoms with Crippen LogP contribution in [0, 0.1) is 5.92 Å². The number of hydrogen-bond acceptors (Lipinski definition) is 3. The van der Waals surface area contributed by atoms with E-state index in [1.54, 1.807) is 19.6 Å². The highest BCUT2D eigenvalue weighted by Crippen LogP contribution is 2.27. The summed E-state index contributed by atoms with van der Waals surface area (Å²) in [5, 5.41) is 6.68. The lowest BCUT2D eigenvalue weighted by molar-refractivity contribution is 0.737. The molecular weight excluding hydrogens is 264 g/mol. The number of aromatic nitrogens is 3. The molecule has 2 N–H and O–H groups in total. The molecule has 1 saturated carbocycles. The van der Waals surface area contributed by atoms with Crippen molar-refractivity contribution in [2.45, 2.75) is 19.4 Å². The zero-order valence-electron chi connectivity index (χ0n) is 12.2. The molecule has 6 heteroatoms. The molecule has 0 bridgehead atoms. The summed E-state index contributed by atoms with van der Waals surface area (Å²) in [6.45, 7) is 1.73. The van der Waals surface area contributed by atoms with Crippen LogP contribution in [0.4, 0.5) is 0 Å². The molecule has 0 amide bonds. The van der Waals surface area contributed by atoms with Gasteiger partial charge in [-0.05, 0) is 36.5 Å². The summed E-state index contributed by atoms with van der Waals surface area (Å²) in [4.78, 5) is 12.6. The Hall–Kier alpha value is -2.37. The van der Waals surface area contributed by atoms with Gasteiger partial charge in [0.2, 0.25) is 0 Å². The maximum atomic E-state index is 4.35. The van der Waals surface area contributed by atoms with Gasteiger partial charge in [-0.2, -0.15) is 0 Å². The molecular formula is C15H20N6. The molecule has 2 heterocycles. The van der Waals surface area contributed by atoms with Gasteiger partial charge in [0.15, 0.2) is 5.96 Å². The standard InChI is InChI=1S/C15H20N6/c1-16-15(19-9-12-2-3-12)20-10-13-4-5-18-14(8-13)21-7-6-17-11-21/h4-8,11-12H,2-3,9-10H2,1H3,(H2,16,19,20). The fourth-order valence-electron chi connectivity index (χ4n) is 2.08. The van der Waals surface area contributed by atoms with E-state index in [-0.39, 0.29) is 0 Å². The molecule has 1 fully saturated rings. The lowest BCUT2D eigenvalue weighted by atomic mass is 10.2. The SMILES string of the molecule is CN=C(NCc1ccnc(-n2ccnc2)c1)NCC1CC1. The van der Waals surface area contributed by atoms with Crippen LogP contribution in [0.1, 0.15) is 18.4 Å². The van der Waals surface area contributed by atoms with Crippen LogP contribution in [0.15, 0.2) is 42.0 Å². The van der Waals surface area contributed by atoms with E-state index < -0.39 is 0 Å². The Morgan fingerprint density at radius 2 is 2.29 bits per heavy atom. The van der Waals surface area contributed by atoms with Gasteiger partial charge in [-0.1, -0.05) is 0 Å². The summed E-state index contributed by atoms with van der Waals surface area (Å²) in [5.41, 5.74) is 1.16. The second kappa shape index (κ2) is 6.39. The summed E-state index contributed by atoms with van der Waals surface area (Å²) in [5.74, 6) is 2.55. The van der Waals surface area contributed by atoms with Crippen molar-refractivity contribution in [2.24, 2.45) is 10.9 Å². The molecule has 0 radical (unpaired) electrons. The van der Waals surface area contributed by atoms with Crippen molar-refractivity contribution in [3.05, 3.63) is 42.6 Å². The Balaban J connectivity index is 1.58. The Morgan fingerprint density at radius 1 is 1.38 bits per heavy atom. The second-order valence-electron chi connectivity index (χ2n) is 5.24. The van der Waals surface area contributed by atoms with E-state index in [0.29, 0.717) is 6.54 Å². The normalized spacial score (nSPS) is 15.0. The molecule has 2 aromatic rings. The van der Waals surface area contributed by atoms with Crippen LogP contribution >= 0.6 is 0 Å². The molecule has 0 spiro atoms. The van der Waals surface area contributed by atoms with Crippen molar-refractivity contribution in [1.82, 2.24) is 25.2 Å². The number of nitrogens with zero attached hydrogens (tertiary/aromatic N) is 4. The van der Waals surface area contributed by atoms with Crippen LogP contribution in [0.3, 0.4) is 0 Å². The molecule has 2 aromatic heterocycles. The minimum Gasteiger partial charge on any atom is -0.356 e. The van der Waals surface area contributed by atoms with E-state index in [9.17, 15) is 0 Å². The smallest absolute Gasteiger partial charge is 0.191 e. The van der Waals surface area contributed by atoms with E-state index in [1.165, 1.54) is 12.8 Å². The number of aliphatic imine (C=N–C) groups is 1. The Labute approximate surface area is 124 Å². The van der Waals surface area contributed by atoms with E-state index in [1.807, 2.05) is 29.1 Å². The van der Waals surface area contributed by atoms with E-state index >= 15 is 0 Å². The molecule has 0 aliphatic heterocycles. The Kier molecular flexibility index (Phi) is 4.14. The summed E-state index contributed by atoms with van der Waals surface area (Å²) >= 11 is 0. The second-order valence-corrected chi connectivity index (χ2v) is 5.24. The molecule has 6 nitrogen and oxygen atoms in total. The van der Waals surface area contributed by atoms with Gasteiger partial charge in [-0.15, -0.1) is 0 Å². The van der Waals surface area contributed by atoms with Crippen molar-refractivity contribution in [3.8, 4) is 5.82 Å². The number of nitrogens with one attached hydrogen (secondary N) is 2. The van der Waals surface area contributed by atoms with Crippen molar-refractivity contribution in [1.29, 1.82) is 0 Å². The third kappa shape index (κ3) is 3.81. The lowest BCUT2D eigenvalue weighted by Crippen LogP contribution is -2.37. The molecule has 0 unspecified atom stereocenters. The third-order valence-electron chi connectivity index (χ3n) is 3.52. The molecule has 21 heavy (non-hydrogen) atoms.